The predicted octanol–water partition coefficient (Wildman–Crippen LogP) is 2.54. The van der Waals surface area contributed by atoms with Gasteiger partial charge in [-0.25, -0.2) is 0 Å². The molecule has 2 N–H and O–H groups in total. The Bertz CT molecular complexity index is 776. The molecule has 0 aromatic heterocycles. The fraction of sp³-hybridized carbons (Fsp3) is 0.133. The van der Waals surface area contributed by atoms with Crippen molar-refractivity contribution in [2.24, 2.45) is 0 Å². The Morgan fingerprint density at radius 2 is 1.71 bits per heavy atom. The van der Waals surface area contributed by atoms with E-state index in [0.717, 1.165) is 5.56 Å². The number of hydrogen-bond acceptors (Lipinski definition) is 3. The summed E-state index contributed by atoms with van der Waals surface area (Å²) in [6.07, 6.45) is -0.0980. The van der Waals surface area contributed by atoms with Gasteiger partial charge in [0.25, 0.3) is 10.1 Å². The van der Waals surface area contributed by atoms with E-state index in [1.54, 1.807) is 36.4 Å². The van der Waals surface area contributed by atoms with Crippen LogP contribution >= 0.6 is 0 Å². The molecule has 0 aliphatic carbocycles. The number of aliphatic carboxylic acids is 1. The Hall–Kier alpha value is -2.18. The van der Waals surface area contributed by atoms with Crippen LogP contribution in [0.25, 0.3) is 11.1 Å². The Morgan fingerprint density at radius 1 is 1.10 bits per heavy atom. The molecule has 0 saturated carbocycles. The number of hydrogen-bond donors (Lipinski definition) is 2. The highest BCUT2D eigenvalue weighted by Crippen LogP contribution is 2.28. The minimum atomic E-state index is -4.32. The van der Waals surface area contributed by atoms with E-state index < -0.39 is 16.1 Å². The molecular formula is C15H14O5S. The number of rotatable bonds is 4. The lowest BCUT2D eigenvalue weighted by atomic mass is 10.0. The minimum Gasteiger partial charge on any atom is -0.481 e. The van der Waals surface area contributed by atoms with Crippen LogP contribution < -0.4 is 0 Å². The molecule has 0 aliphatic rings. The summed E-state index contributed by atoms with van der Waals surface area (Å²) in [6, 6.07) is 11.1. The molecule has 0 radical (unpaired) electrons. The number of carboxylic acid groups (broad SMARTS) is 1. The lowest BCUT2D eigenvalue weighted by Gasteiger charge is -2.09. The maximum Gasteiger partial charge on any atom is 0.307 e. The van der Waals surface area contributed by atoms with E-state index in [1.165, 1.54) is 6.07 Å². The highest BCUT2D eigenvalue weighted by molar-refractivity contribution is 7.86. The number of carboxylic acids is 1. The highest BCUT2D eigenvalue weighted by Gasteiger charge is 2.16. The molecule has 21 heavy (non-hydrogen) atoms. The van der Waals surface area contributed by atoms with Crippen molar-refractivity contribution in [3.05, 3.63) is 53.6 Å². The lowest BCUT2D eigenvalue weighted by molar-refractivity contribution is -0.136. The summed E-state index contributed by atoms with van der Waals surface area (Å²) in [6.45, 7) is 1.82. The molecule has 0 heterocycles. The molecule has 6 heteroatoms. The van der Waals surface area contributed by atoms with Gasteiger partial charge in [-0.15, -0.1) is 0 Å². The molecule has 2 aromatic carbocycles. The Kier molecular flexibility index (Phi) is 4.11. The summed E-state index contributed by atoms with van der Waals surface area (Å²) in [5, 5.41) is 8.73. The molecule has 0 fully saturated rings. The topological polar surface area (TPSA) is 91.7 Å². The average molecular weight is 306 g/mol. The van der Waals surface area contributed by atoms with Gasteiger partial charge in [0.1, 0.15) is 4.90 Å². The average Bonchev–Trinajstić information content (AvgIpc) is 2.37. The molecule has 0 atom stereocenters. The van der Waals surface area contributed by atoms with Crippen LogP contribution in [-0.2, 0) is 21.3 Å². The molecule has 5 nitrogen and oxygen atoms in total. The number of carbonyl (C=O) groups is 1. The van der Waals surface area contributed by atoms with Crippen molar-refractivity contribution >= 4 is 16.1 Å². The zero-order chi connectivity index (χ0) is 15.6. The van der Waals surface area contributed by atoms with E-state index in [2.05, 4.69) is 0 Å². The number of benzene rings is 2. The number of aryl methyl sites for hydroxylation is 1. The van der Waals surface area contributed by atoms with Gasteiger partial charge < -0.3 is 5.11 Å². The third-order valence-electron chi connectivity index (χ3n) is 3.03. The first-order chi connectivity index (χ1) is 9.77. The first kappa shape index (κ1) is 15.2. The van der Waals surface area contributed by atoms with Crippen molar-refractivity contribution in [3.63, 3.8) is 0 Å². The second-order valence-electron chi connectivity index (χ2n) is 4.74. The summed E-state index contributed by atoms with van der Waals surface area (Å²) in [7, 11) is -4.32. The van der Waals surface area contributed by atoms with E-state index >= 15 is 0 Å². The second-order valence-corrected chi connectivity index (χ2v) is 6.13. The van der Waals surface area contributed by atoms with E-state index in [9.17, 15) is 17.8 Å². The quantitative estimate of drug-likeness (QED) is 0.847. The summed E-state index contributed by atoms with van der Waals surface area (Å²) < 4.78 is 32.1. The summed E-state index contributed by atoms with van der Waals surface area (Å²) in [4.78, 5) is 10.5. The van der Waals surface area contributed by atoms with Crippen molar-refractivity contribution < 1.29 is 22.9 Å². The first-order valence-corrected chi connectivity index (χ1v) is 7.60. The molecule has 0 spiro atoms. The fourth-order valence-corrected chi connectivity index (χ4v) is 2.77. The van der Waals surface area contributed by atoms with Crippen LogP contribution in [0, 0.1) is 6.92 Å². The van der Waals surface area contributed by atoms with Gasteiger partial charge in [-0.2, -0.15) is 8.42 Å². The van der Waals surface area contributed by atoms with Gasteiger partial charge in [-0.1, -0.05) is 42.0 Å². The van der Waals surface area contributed by atoms with Crippen LogP contribution in [0.3, 0.4) is 0 Å². The SMILES string of the molecule is Cc1ccc(S(=O)(=O)O)c(-c2ccc(CC(=O)O)cc2)c1. The van der Waals surface area contributed by atoms with Gasteiger partial charge in [0, 0.05) is 5.56 Å². The predicted molar refractivity (Wildman–Crippen MR) is 77.8 cm³/mol. The molecule has 0 saturated heterocycles. The van der Waals surface area contributed by atoms with E-state index in [-0.39, 0.29) is 11.3 Å². The van der Waals surface area contributed by atoms with Gasteiger partial charge in [-0.3, -0.25) is 9.35 Å². The highest BCUT2D eigenvalue weighted by atomic mass is 32.2. The monoisotopic (exact) mass is 306 g/mol. The van der Waals surface area contributed by atoms with E-state index in [0.29, 0.717) is 16.7 Å². The standard InChI is InChI=1S/C15H14O5S/c1-10-2-7-14(21(18,19)20)13(8-10)12-5-3-11(4-6-12)9-15(16)17/h2-8H,9H2,1H3,(H,16,17)(H,18,19,20). The smallest absolute Gasteiger partial charge is 0.307 e. The van der Waals surface area contributed by atoms with Crippen LogP contribution in [0.15, 0.2) is 47.4 Å². The first-order valence-electron chi connectivity index (χ1n) is 6.16. The van der Waals surface area contributed by atoms with Gasteiger partial charge in [0.2, 0.25) is 0 Å². The summed E-state index contributed by atoms with van der Waals surface area (Å²) in [5.74, 6) is -0.933. The van der Waals surface area contributed by atoms with E-state index in [4.69, 9.17) is 5.11 Å². The molecule has 2 rings (SSSR count). The third kappa shape index (κ3) is 3.68. The normalized spacial score (nSPS) is 11.3. The summed E-state index contributed by atoms with van der Waals surface area (Å²) >= 11 is 0. The van der Waals surface area contributed by atoms with Crippen LogP contribution in [0.2, 0.25) is 0 Å². The largest absolute Gasteiger partial charge is 0.481 e. The molecule has 0 aliphatic heterocycles. The molecular weight excluding hydrogens is 292 g/mol. The van der Waals surface area contributed by atoms with Crippen molar-refractivity contribution in [1.82, 2.24) is 0 Å². The van der Waals surface area contributed by atoms with Crippen LogP contribution in [-0.4, -0.2) is 24.0 Å². The third-order valence-corrected chi connectivity index (χ3v) is 3.95. The molecule has 0 bridgehead atoms. The molecule has 2 aromatic rings. The Morgan fingerprint density at radius 3 is 2.24 bits per heavy atom. The van der Waals surface area contributed by atoms with E-state index in [1.807, 2.05) is 6.92 Å². The van der Waals surface area contributed by atoms with Gasteiger partial charge in [0.05, 0.1) is 6.42 Å². The zero-order valence-electron chi connectivity index (χ0n) is 11.3. The van der Waals surface area contributed by atoms with Crippen LogP contribution in [0.1, 0.15) is 11.1 Å². The van der Waals surface area contributed by atoms with Crippen molar-refractivity contribution in [2.75, 3.05) is 0 Å². The van der Waals surface area contributed by atoms with Crippen LogP contribution in [0.4, 0.5) is 0 Å². The van der Waals surface area contributed by atoms with Crippen LogP contribution in [0.5, 0.6) is 0 Å². The maximum atomic E-state index is 11.4. The molecule has 110 valence electrons. The van der Waals surface area contributed by atoms with Crippen molar-refractivity contribution in [1.29, 1.82) is 0 Å². The van der Waals surface area contributed by atoms with Crippen molar-refractivity contribution in [3.8, 4) is 11.1 Å². The Labute approximate surface area is 122 Å². The van der Waals surface area contributed by atoms with Gasteiger partial charge >= 0.3 is 5.97 Å². The van der Waals surface area contributed by atoms with Gasteiger partial charge in [-0.05, 0) is 24.1 Å². The lowest BCUT2D eigenvalue weighted by Crippen LogP contribution is -2.02. The van der Waals surface area contributed by atoms with Crippen molar-refractivity contribution in [2.45, 2.75) is 18.2 Å². The maximum absolute atomic E-state index is 11.4. The minimum absolute atomic E-state index is 0.0980. The molecule has 0 amide bonds. The fourth-order valence-electron chi connectivity index (χ4n) is 2.07. The second kappa shape index (κ2) is 5.67. The summed E-state index contributed by atoms with van der Waals surface area (Å²) in [5.41, 5.74) is 2.46. The molecule has 0 unspecified atom stereocenters. The zero-order valence-corrected chi connectivity index (χ0v) is 12.1. The van der Waals surface area contributed by atoms with Gasteiger partial charge in [0.15, 0.2) is 0 Å². The Balaban J connectivity index is 2.51.